The molecule has 1 N–H and O–H groups in total. The van der Waals surface area contributed by atoms with Crippen molar-refractivity contribution in [3.8, 4) is 12.3 Å². The lowest BCUT2D eigenvalue weighted by atomic mass is 9.46. The monoisotopic (exact) mass is 298 g/mol. The second-order valence-corrected chi connectivity index (χ2v) is 8.95. The van der Waals surface area contributed by atoms with Crippen molar-refractivity contribution in [2.24, 2.45) is 28.6 Å². The molecule has 0 saturated heterocycles. The third kappa shape index (κ3) is 1.66. The van der Waals surface area contributed by atoms with Crippen molar-refractivity contribution in [3.63, 3.8) is 0 Å². The van der Waals surface area contributed by atoms with Crippen LogP contribution in [0.4, 0.5) is 0 Å². The van der Waals surface area contributed by atoms with E-state index in [2.05, 4.69) is 25.8 Å². The first-order valence-corrected chi connectivity index (χ1v) is 9.34. The van der Waals surface area contributed by atoms with Crippen molar-refractivity contribution in [3.05, 3.63) is 11.6 Å². The van der Waals surface area contributed by atoms with Crippen molar-refractivity contribution >= 4 is 0 Å². The minimum absolute atomic E-state index is 0.0465. The summed E-state index contributed by atoms with van der Waals surface area (Å²) in [6.45, 7) is 4.83. The number of hydrogen-bond acceptors (Lipinski definition) is 1. The molecule has 3 fully saturated rings. The van der Waals surface area contributed by atoms with Gasteiger partial charge in [0.25, 0.3) is 0 Å². The Hall–Kier alpha value is -0.740. The van der Waals surface area contributed by atoms with Gasteiger partial charge in [-0.15, -0.1) is 6.42 Å². The Labute approximate surface area is 135 Å². The molecule has 4 aliphatic carbocycles. The Morgan fingerprint density at radius 3 is 2.68 bits per heavy atom. The van der Waals surface area contributed by atoms with Gasteiger partial charge in [-0.25, -0.2) is 0 Å². The van der Waals surface area contributed by atoms with Crippen LogP contribution in [0.5, 0.6) is 0 Å². The van der Waals surface area contributed by atoms with E-state index in [1.807, 2.05) is 0 Å². The molecule has 0 spiro atoms. The van der Waals surface area contributed by atoms with Crippen LogP contribution >= 0.6 is 0 Å². The molecule has 4 aliphatic rings. The first kappa shape index (κ1) is 14.8. The largest absolute Gasteiger partial charge is 0.377 e. The van der Waals surface area contributed by atoms with E-state index in [4.69, 9.17) is 6.42 Å². The molecule has 3 saturated carbocycles. The summed E-state index contributed by atoms with van der Waals surface area (Å²) in [5.41, 5.74) is 1.30. The van der Waals surface area contributed by atoms with Gasteiger partial charge in [-0.2, -0.15) is 0 Å². The highest BCUT2D eigenvalue weighted by atomic mass is 16.3. The molecular formula is C21H30O. The Bertz CT molecular complexity index is 555. The Morgan fingerprint density at radius 2 is 1.91 bits per heavy atom. The highest BCUT2D eigenvalue weighted by Crippen LogP contribution is 2.67. The predicted octanol–water partition coefficient (Wildman–Crippen LogP) is 4.70. The molecule has 0 bridgehead atoms. The first-order valence-electron chi connectivity index (χ1n) is 9.34. The van der Waals surface area contributed by atoms with Gasteiger partial charge in [0.15, 0.2) is 0 Å². The fourth-order valence-electron chi connectivity index (χ4n) is 7.01. The molecule has 0 aromatic heterocycles. The molecule has 0 radical (unpaired) electrons. The second kappa shape index (κ2) is 4.64. The maximum Gasteiger partial charge on any atom is 0.130 e. The third-order valence-electron chi connectivity index (χ3n) is 8.42. The molecule has 6 atom stereocenters. The van der Waals surface area contributed by atoms with Crippen molar-refractivity contribution in [2.75, 3.05) is 0 Å². The van der Waals surface area contributed by atoms with Crippen molar-refractivity contribution in [1.29, 1.82) is 0 Å². The van der Waals surface area contributed by atoms with E-state index in [1.54, 1.807) is 5.57 Å². The number of fused-ring (bicyclic) bond motifs is 5. The number of allylic oxidation sites excluding steroid dienone is 2. The van der Waals surface area contributed by atoms with Crippen molar-refractivity contribution in [2.45, 2.75) is 77.2 Å². The van der Waals surface area contributed by atoms with Crippen LogP contribution in [0.3, 0.4) is 0 Å². The summed E-state index contributed by atoms with van der Waals surface area (Å²) in [5.74, 6) is 5.02. The summed E-state index contributed by atoms with van der Waals surface area (Å²) >= 11 is 0. The quantitative estimate of drug-likeness (QED) is 0.507. The standard InChI is InChI=1S/C21H30O/c1-4-21(22)14-11-18-16-9-8-15-7-5-6-12-19(15,2)17(16)10-13-20(18,21)3/h1,7,16-18,22H,5-6,8-14H2,2-3H3/t16-,17-,18+,19+,20+,21?/m1/s1. The van der Waals surface area contributed by atoms with Gasteiger partial charge >= 0.3 is 0 Å². The van der Waals surface area contributed by atoms with Gasteiger partial charge in [0.2, 0.25) is 0 Å². The second-order valence-electron chi connectivity index (χ2n) is 8.95. The fourth-order valence-corrected chi connectivity index (χ4v) is 7.01. The van der Waals surface area contributed by atoms with E-state index in [9.17, 15) is 5.11 Å². The Kier molecular flexibility index (Phi) is 3.12. The normalized spacial score (nSPS) is 53.7. The van der Waals surface area contributed by atoms with Gasteiger partial charge < -0.3 is 5.11 Å². The molecule has 1 unspecified atom stereocenters. The van der Waals surface area contributed by atoms with Gasteiger partial charge in [-0.1, -0.05) is 31.4 Å². The predicted molar refractivity (Wildman–Crippen MR) is 90.1 cm³/mol. The smallest absolute Gasteiger partial charge is 0.130 e. The van der Waals surface area contributed by atoms with Crippen molar-refractivity contribution < 1.29 is 5.11 Å². The molecule has 1 heteroatoms. The van der Waals surface area contributed by atoms with E-state index in [0.717, 1.165) is 31.1 Å². The van der Waals surface area contributed by atoms with Crippen molar-refractivity contribution in [1.82, 2.24) is 0 Å². The topological polar surface area (TPSA) is 20.2 Å². The lowest BCUT2D eigenvalue weighted by molar-refractivity contribution is -0.0996. The van der Waals surface area contributed by atoms with Crippen LogP contribution in [0.2, 0.25) is 0 Å². The average molecular weight is 298 g/mol. The van der Waals surface area contributed by atoms with Crippen LogP contribution in [0.15, 0.2) is 11.6 Å². The number of rotatable bonds is 0. The van der Waals surface area contributed by atoms with E-state index in [0.29, 0.717) is 11.3 Å². The minimum atomic E-state index is -0.855. The van der Waals surface area contributed by atoms with Gasteiger partial charge in [-0.3, -0.25) is 0 Å². The Balaban J connectivity index is 1.70. The molecular weight excluding hydrogens is 268 g/mol. The van der Waals surface area contributed by atoms with Crippen LogP contribution in [0.25, 0.3) is 0 Å². The third-order valence-corrected chi connectivity index (χ3v) is 8.42. The SMILES string of the molecule is C#CC1(O)CC[C@H]2[C@@H]3CCC4=CCCC[C@]4(C)[C@@H]3CC[C@@]21C. The summed E-state index contributed by atoms with van der Waals surface area (Å²) in [6.07, 6.45) is 19.3. The van der Waals surface area contributed by atoms with E-state index >= 15 is 0 Å². The summed E-state index contributed by atoms with van der Waals surface area (Å²) in [4.78, 5) is 0. The molecule has 0 aromatic carbocycles. The molecule has 0 heterocycles. The minimum Gasteiger partial charge on any atom is -0.377 e. The van der Waals surface area contributed by atoms with Crippen LogP contribution in [0, 0.1) is 40.9 Å². The van der Waals surface area contributed by atoms with Gasteiger partial charge in [-0.05, 0) is 81.0 Å². The summed E-state index contributed by atoms with van der Waals surface area (Å²) in [5, 5.41) is 11.0. The number of hydrogen-bond donors (Lipinski definition) is 1. The van der Waals surface area contributed by atoms with E-state index < -0.39 is 5.60 Å². The first-order chi connectivity index (χ1) is 10.4. The number of terminal acetylenes is 1. The zero-order chi connectivity index (χ0) is 15.6. The molecule has 0 amide bonds. The average Bonchev–Trinajstić information content (AvgIpc) is 2.79. The molecule has 0 aliphatic heterocycles. The lowest BCUT2D eigenvalue weighted by Crippen LogP contribution is -2.54. The molecule has 120 valence electrons. The molecule has 4 rings (SSSR count). The van der Waals surface area contributed by atoms with Gasteiger partial charge in [0.1, 0.15) is 5.60 Å². The maximum absolute atomic E-state index is 11.0. The zero-order valence-electron chi connectivity index (χ0n) is 14.2. The molecule has 0 aromatic rings. The van der Waals surface area contributed by atoms with Gasteiger partial charge in [0, 0.05) is 5.41 Å². The van der Waals surface area contributed by atoms with Crippen LogP contribution in [-0.4, -0.2) is 10.7 Å². The van der Waals surface area contributed by atoms with Gasteiger partial charge in [0.05, 0.1) is 0 Å². The summed E-state index contributed by atoms with van der Waals surface area (Å²) in [7, 11) is 0. The number of aliphatic hydroxyl groups is 1. The van der Waals surface area contributed by atoms with E-state index in [1.165, 1.54) is 38.5 Å². The lowest BCUT2D eigenvalue weighted by Gasteiger charge is -2.58. The molecule has 1 nitrogen and oxygen atoms in total. The highest BCUT2D eigenvalue weighted by Gasteiger charge is 2.63. The summed E-state index contributed by atoms with van der Waals surface area (Å²) in [6, 6.07) is 0. The molecule has 22 heavy (non-hydrogen) atoms. The van der Waals surface area contributed by atoms with Crippen LogP contribution < -0.4 is 0 Å². The van der Waals surface area contributed by atoms with Crippen LogP contribution in [-0.2, 0) is 0 Å². The van der Waals surface area contributed by atoms with E-state index in [-0.39, 0.29) is 5.41 Å². The van der Waals surface area contributed by atoms with Crippen LogP contribution in [0.1, 0.15) is 71.6 Å². The maximum atomic E-state index is 11.0. The fraction of sp³-hybridized carbons (Fsp3) is 0.810. The highest BCUT2D eigenvalue weighted by molar-refractivity contribution is 5.27. The zero-order valence-corrected chi connectivity index (χ0v) is 14.2. The summed E-state index contributed by atoms with van der Waals surface area (Å²) < 4.78 is 0. The Morgan fingerprint density at radius 1 is 1.14 bits per heavy atom.